The molecule has 0 saturated heterocycles. The first-order valence-corrected chi connectivity index (χ1v) is 11.5. The first kappa shape index (κ1) is 20.3. The van der Waals surface area contributed by atoms with Crippen molar-refractivity contribution in [2.75, 3.05) is 5.43 Å². The zero-order valence-electron chi connectivity index (χ0n) is 16.9. The van der Waals surface area contributed by atoms with Gasteiger partial charge in [0.25, 0.3) is 0 Å². The molecule has 1 unspecified atom stereocenters. The predicted molar refractivity (Wildman–Crippen MR) is 124 cm³/mol. The predicted octanol–water partition coefficient (Wildman–Crippen LogP) is 6.15. The van der Waals surface area contributed by atoms with E-state index in [1.165, 1.54) is 23.3 Å². The number of halogens is 1. The Balaban J connectivity index is 1.65. The molecule has 0 saturated carbocycles. The monoisotopic (exact) mass is 472 g/mol. The highest BCUT2D eigenvalue weighted by atomic mass is 79.9. The molecular formula is C22H25BrN4OS. The maximum atomic E-state index is 9.99. The van der Waals surface area contributed by atoms with E-state index in [1.54, 1.807) is 36.0 Å². The van der Waals surface area contributed by atoms with E-state index in [-0.39, 0.29) is 5.75 Å². The van der Waals surface area contributed by atoms with Crippen molar-refractivity contribution < 1.29 is 5.11 Å². The average Bonchev–Trinajstić information content (AvgIpc) is 3.09. The lowest BCUT2D eigenvalue weighted by molar-refractivity contribution is 0.184. The Hall–Kier alpha value is -1.99. The second-order valence-corrected chi connectivity index (χ2v) is 10.3. The Morgan fingerprint density at radius 1 is 1.38 bits per heavy atom. The van der Waals surface area contributed by atoms with Gasteiger partial charge in [-0.2, -0.15) is 5.10 Å². The number of aromatic nitrogens is 2. The topological polar surface area (TPSA) is 70.4 Å². The number of hydrogen-bond donors (Lipinski definition) is 2. The van der Waals surface area contributed by atoms with Crippen LogP contribution in [0.4, 0.5) is 5.82 Å². The molecule has 4 rings (SSSR count). The smallest absolute Gasteiger partial charge is 0.158 e. The van der Waals surface area contributed by atoms with Gasteiger partial charge in [-0.1, -0.05) is 43.1 Å². The summed E-state index contributed by atoms with van der Waals surface area (Å²) in [6, 6.07) is 5.25. The first-order valence-electron chi connectivity index (χ1n) is 9.92. The van der Waals surface area contributed by atoms with Crippen LogP contribution in [0.3, 0.4) is 0 Å². The van der Waals surface area contributed by atoms with Crippen molar-refractivity contribution in [1.82, 2.24) is 9.97 Å². The highest BCUT2D eigenvalue weighted by Crippen LogP contribution is 2.45. The molecule has 2 heterocycles. The number of anilines is 1. The van der Waals surface area contributed by atoms with E-state index in [2.05, 4.69) is 57.2 Å². The molecule has 0 spiro atoms. The maximum Gasteiger partial charge on any atom is 0.158 e. The summed E-state index contributed by atoms with van der Waals surface area (Å²) in [6.45, 7) is 7.03. The molecule has 1 aliphatic carbocycles. The van der Waals surface area contributed by atoms with Crippen molar-refractivity contribution in [3.8, 4) is 5.75 Å². The van der Waals surface area contributed by atoms with Crippen molar-refractivity contribution in [1.29, 1.82) is 0 Å². The minimum atomic E-state index is 0.184. The molecule has 5 nitrogen and oxygen atoms in total. The average molecular weight is 473 g/mol. The number of fused-ring (bicyclic) bond motifs is 3. The molecule has 3 aromatic rings. The van der Waals surface area contributed by atoms with Gasteiger partial charge in [0.1, 0.15) is 16.9 Å². The van der Waals surface area contributed by atoms with Crippen LogP contribution in [0.5, 0.6) is 5.75 Å². The maximum absolute atomic E-state index is 9.99. The minimum Gasteiger partial charge on any atom is -0.507 e. The Morgan fingerprint density at radius 2 is 2.21 bits per heavy atom. The van der Waals surface area contributed by atoms with Gasteiger partial charge in [0, 0.05) is 14.9 Å². The van der Waals surface area contributed by atoms with E-state index in [0.717, 1.165) is 33.3 Å². The highest BCUT2D eigenvalue weighted by molar-refractivity contribution is 9.10. The molecule has 29 heavy (non-hydrogen) atoms. The number of nitrogens with zero attached hydrogens (tertiary/aromatic N) is 3. The quantitative estimate of drug-likeness (QED) is 0.345. The van der Waals surface area contributed by atoms with E-state index in [4.69, 9.17) is 0 Å². The minimum absolute atomic E-state index is 0.184. The van der Waals surface area contributed by atoms with E-state index in [9.17, 15) is 5.11 Å². The van der Waals surface area contributed by atoms with E-state index in [0.29, 0.717) is 16.9 Å². The number of phenolic OH excluding ortho intramolecular Hbond substituents is 1. The molecule has 2 N–H and O–H groups in total. The van der Waals surface area contributed by atoms with Crippen LogP contribution in [0.25, 0.3) is 10.2 Å². The largest absolute Gasteiger partial charge is 0.507 e. The van der Waals surface area contributed by atoms with Gasteiger partial charge in [-0.05, 0) is 54.4 Å². The van der Waals surface area contributed by atoms with Gasteiger partial charge in [0.15, 0.2) is 5.82 Å². The Kier molecular flexibility index (Phi) is 5.62. The number of benzene rings is 1. The Morgan fingerprint density at radius 3 is 3.00 bits per heavy atom. The lowest BCUT2D eigenvalue weighted by Gasteiger charge is -2.36. The second kappa shape index (κ2) is 8.03. The van der Waals surface area contributed by atoms with Crippen molar-refractivity contribution >= 4 is 49.5 Å². The summed E-state index contributed by atoms with van der Waals surface area (Å²) in [4.78, 5) is 11.4. The van der Waals surface area contributed by atoms with Crippen LogP contribution < -0.4 is 5.43 Å². The normalized spacial score (nSPS) is 17.0. The van der Waals surface area contributed by atoms with Gasteiger partial charge < -0.3 is 5.11 Å². The molecule has 0 amide bonds. The van der Waals surface area contributed by atoms with Crippen LogP contribution in [0.1, 0.15) is 49.6 Å². The molecule has 1 atom stereocenters. The van der Waals surface area contributed by atoms with Crippen LogP contribution >= 0.6 is 27.3 Å². The van der Waals surface area contributed by atoms with E-state index < -0.39 is 0 Å². The van der Waals surface area contributed by atoms with Crippen molar-refractivity contribution in [3.63, 3.8) is 0 Å². The van der Waals surface area contributed by atoms with Crippen LogP contribution in [-0.2, 0) is 12.8 Å². The number of hydrazone groups is 1. The standard InChI is InChI=1S/C22H25BrN4OS/c1-4-22(2,3)14-5-8-18-16(10-14)19-20(24-12-25-21(19)29-18)27-26-11-13-9-15(23)6-7-17(13)28/h6-7,9,11-12,14,28H,4-5,8,10H2,1-3H3,(H,24,25,27). The molecule has 0 radical (unpaired) electrons. The van der Waals surface area contributed by atoms with E-state index >= 15 is 0 Å². The number of thiophene rings is 1. The summed E-state index contributed by atoms with van der Waals surface area (Å²) in [7, 11) is 0. The summed E-state index contributed by atoms with van der Waals surface area (Å²) >= 11 is 5.20. The van der Waals surface area contributed by atoms with Crippen LogP contribution in [-0.4, -0.2) is 21.3 Å². The summed E-state index contributed by atoms with van der Waals surface area (Å²) < 4.78 is 0.887. The number of aromatic hydroxyl groups is 1. The number of nitrogens with one attached hydrogen (secondary N) is 1. The van der Waals surface area contributed by atoms with Crippen molar-refractivity contribution in [3.05, 3.63) is 45.0 Å². The summed E-state index contributed by atoms with van der Waals surface area (Å²) in [6.07, 6.45) is 7.78. The molecule has 0 fully saturated rings. The third-order valence-corrected chi connectivity index (χ3v) is 7.91. The molecule has 1 aliphatic rings. The Labute approximate surface area is 183 Å². The van der Waals surface area contributed by atoms with Gasteiger partial charge in [-0.15, -0.1) is 11.3 Å². The number of rotatable bonds is 5. The third kappa shape index (κ3) is 4.03. The molecule has 2 aromatic heterocycles. The summed E-state index contributed by atoms with van der Waals surface area (Å²) in [5.41, 5.74) is 5.42. The fraction of sp³-hybridized carbons (Fsp3) is 0.409. The first-order chi connectivity index (χ1) is 13.9. The van der Waals surface area contributed by atoms with Gasteiger partial charge in [-0.25, -0.2) is 9.97 Å². The molecule has 0 bridgehead atoms. The molecule has 1 aromatic carbocycles. The lowest BCUT2D eigenvalue weighted by Crippen LogP contribution is -2.28. The number of hydrogen-bond acceptors (Lipinski definition) is 6. The van der Waals surface area contributed by atoms with Crippen molar-refractivity contribution in [2.24, 2.45) is 16.4 Å². The summed E-state index contributed by atoms with van der Waals surface area (Å²) in [5.74, 6) is 1.57. The van der Waals surface area contributed by atoms with Gasteiger partial charge in [-0.3, -0.25) is 5.43 Å². The van der Waals surface area contributed by atoms with Crippen LogP contribution in [0.2, 0.25) is 0 Å². The van der Waals surface area contributed by atoms with E-state index in [1.807, 2.05) is 6.07 Å². The van der Waals surface area contributed by atoms with Crippen molar-refractivity contribution in [2.45, 2.75) is 46.5 Å². The SMILES string of the molecule is CCC(C)(C)C1CCc2sc3ncnc(NN=Cc4cc(Br)ccc4O)c3c2C1. The Bertz CT molecular complexity index is 1080. The fourth-order valence-corrected chi connectivity index (χ4v) is 5.50. The highest BCUT2D eigenvalue weighted by Gasteiger charge is 2.33. The summed E-state index contributed by atoms with van der Waals surface area (Å²) in [5, 5.41) is 15.4. The fourth-order valence-electron chi connectivity index (χ4n) is 3.94. The molecule has 152 valence electrons. The third-order valence-electron chi connectivity index (χ3n) is 6.22. The van der Waals surface area contributed by atoms with Crippen LogP contribution in [0, 0.1) is 11.3 Å². The number of aryl methyl sites for hydroxylation is 1. The molecule has 7 heteroatoms. The van der Waals surface area contributed by atoms with Crippen LogP contribution in [0.15, 0.2) is 34.1 Å². The van der Waals surface area contributed by atoms with Gasteiger partial charge in [0.2, 0.25) is 0 Å². The number of phenols is 1. The zero-order valence-corrected chi connectivity index (χ0v) is 19.3. The van der Waals surface area contributed by atoms with Gasteiger partial charge in [0.05, 0.1) is 11.6 Å². The molecular weight excluding hydrogens is 448 g/mol. The molecule has 0 aliphatic heterocycles. The zero-order chi connectivity index (χ0) is 20.6. The lowest BCUT2D eigenvalue weighted by atomic mass is 9.69. The second-order valence-electron chi connectivity index (χ2n) is 8.26. The van der Waals surface area contributed by atoms with Gasteiger partial charge >= 0.3 is 0 Å².